The van der Waals surface area contributed by atoms with E-state index >= 15 is 0 Å². The third kappa shape index (κ3) is 6.47. The summed E-state index contributed by atoms with van der Waals surface area (Å²) in [4.78, 5) is 25.9. The minimum absolute atomic E-state index is 0.0189. The van der Waals surface area contributed by atoms with Crippen LogP contribution in [0, 0.1) is 0 Å². The summed E-state index contributed by atoms with van der Waals surface area (Å²) in [7, 11) is -0.647. The number of carbonyl (C=O) groups is 2. The van der Waals surface area contributed by atoms with Crippen LogP contribution in [0.2, 0.25) is 5.02 Å². The van der Waals surface area contributed by atoms with Crippen molar-refractivity contribution in [2.75, 3.05) is 30.7 Å². The molecule has 0 aromatic heterocycles. The van der Waals surface area contributed by atoms with Crippen molar-refractivity contribution in [1.82, 2.24) is 4.90 Å². The van der Waals surface area contributed by atoms with Gasteiger partial charge in [0.15, 0.2) is 6.61 Å². The molecule has 8 nitrogen and oxygen atoms in total. The first-order chi connectivity index (χ1) is 15.7. The van der Waals surface area contributed by atoms with Crippen LogP contribution in [0.1, 0.15) is 10.4 Å². The van der Waals surface area contributed by atoms with Gasteiger partial charge < -0.3 is 15.0 Å². The third-order valence-corrected chi connectivity index (χ3v) is 6.15. The van der Waals surface area contributed by atoms with Crippen molar-refractivity contribution in [3.63, 3.8) is 0 Å². The third-order valence-electron chi connectivity index (χ3n) is 4.51. The molecule has 0 fully saturated rings. The van der Waals surface area contributed by atoms with E-state index in [1.807, 2.05) is 0 Å². The van der Waals surface area contributed by atoms with Gasteiger partial charge in [-0.2, -0.15) is 0 Å². The van der Waals surface area contributed by atoms with Crippen molar-refractivity contribution in [2.24, 2.45) is 0 Å². The molecule has 0 aliphatic heterocycles. The fraction of sp³-hybridized carbons (Fsp3) is 0.130. The van der Waals surface area contributed by atoms with Gasteiger partial charge in [-0.3, -0.25) is 14.3 Å². The van der Waals surface area contributed by atoms with Gasteiger partial charge >= 0.3 is 0 Å². The van der Waals surface area contributed by atoms with Crippen molar-refractivity contribution in [3.05, 3.63) is 83.4 Å². The molecule has 33 heavy (non-hydrogen) atoms. The van der Waals surface area contributed by atoms with Crippen LogP contribution in [-0.4, -0.2) is 45.8 Å². The summed E-state index contributed by atoms with van der Waals surface area (Å²) in [5.41, 5.74) is 0.751. The number of ether oxygens (including phenoxy) is 1. The van der Waals surface area contributed by atoms with Crippen LogP contribution in [0.4, 0.5) is 11.4 Å². The van der Waals surface area contributed by atoms with Crippen LogP contribution in [0.5, 0.6) is 5.75 Å². The normalized spacial score (nSPS) is 10.9. The Bertz CT molecular complexity index is 1240. The minimum atomic E-state index is -3.92. The molecule has 3 aromatic carbocycles. The number of sulfonamides is 1. The van der Waals surface area contributed by atoms with E-state index in [0.717, 1.165) is 0 Å². The molecule has 2 amide bonds. The Morgan fingerprint density at radius 1 is 0.939 bits per heavy atom. The fourth-order valence-electron chi connectivity index (χ4n) is 2.69. The van der Waals surface area contributed by atoms with Gasteiger partial charge in [0.25, 0.3) is 21.8 Å². The number of para-hydroxylation sites is 1. The zero-order valence-corrected chi connectivity index (χ0v) is 19.5. The molecule has 0 unspecified atom stereocenters. The van der Waals surface area contributed by atoms with Crippen LogP contribution in [0.15, 0.2) is 77.7 Å². The molecule has 3 rings (SSSR count). The lowest BCUT2D eigenvalue weighted by Gasteiger charge is -2.14. The summed E-state index contributed by atoms with van der Waals surface area (Å²) in [5.74, 6) is -0.203. The first kappa shape index (κ1) is 24.1. The monoisotopic (exact) mass is 487 g/mol. The number of anilines is 2. The Balaban J connectivity index is 1.71. The molecule has 0 radical (unpaired) electrons. The lowest BCUT2D eigenvalue weighted by Crippen LogP contribution is -2.27. The van der Waals surface area contributed by atoms with Gasteiger partial charge in [-0.15, -0.1) is 0 Å². The highest BCUT2D eigenvalue weighted by atomic mass is 35.5. The molecule has 0 saturated heterocycles. The van der Waals surface area contributed by atoms with E-state index < -0.39 is 15.9 Å². The van der Waals surface area contributed by atoms with Gasteiger partial charge in [0.1, 0.15) is 5.75 Å². The highest BCUT2D eigenvalue weighted by molar-refractivity contribution is 7.92. The van der Waals surface area contributed by atoms with E-state index in [0.29, 0.717) is 16.5 Å². The maximum atomic E-state index is 12.8. The molecular weight excluding hydrogens is 466 g/mol. The largest absolute Gasteiger partial charge is 0.484 e. The number of hydrogen-bond acceptors (Lipinski definition) is 5. The second-order valence-electron chi connectivity index (χ2n) is 7.16. The topological polar surface area (TPSA) is 105 Å². The van der Waals surface area contributed by atoms with E-state index in [4.69, 9.17) is 16.3 Å². The zero-order valence-electron chi connectivity index (χ0n) is 17.9. The molecule has 0 atom stereocenters. The first-order valence-corrected chi connectivity index (χ1v) is 11.6. The van der Waals surface area contributed by atoms with Crippen molar-refractivity contribution < 1.29 is 22.7 Å². The Kier molecular flexibility index (Phi) is 7.57. The van der Waals surface area contributed by atoms with Crippen molar-refractivity contribution in [1.29, 1.82) is 0 Å². The number of hydrogen-bond donors (Lipinski definition) is 2. The number of benzene rings is 3. The first-order valence-electron chi connectivity index (χ1n) is 9.77. The van der Waals surface area contributed by atoms with E-state index in [1.165, 1.54) is 41.3 Å². The van der Waals surface area contributed by atoms with Crippen molar-refractivity contribution >= 4 is 44.8 Å². The Labute approximate surface area is 197 Å². The Morgan fingerprint density at radius 2 is 1.58 bits per heavy atom. The standard InChI is InChI=1S/C23H22ClN3O5S/c1-27(2)22(28)15-32-18-11-9-17(10-12-18)25-23(29)20-5-3-4-6-21(20)26-33(30,31)19-13-7-16(24)8-14-19/h3-14,26H,15H2,1-2H3,(H,25,29). The molecule has 2 N–H and O–H groups in total. The number of halogens is 1. The molecule has 0 bridgehead atoms. The summed E-state index contributed by atoms with van der Waals surface area (Å²) >= 11 is 5.83. The predicted molar refractivity (Wildman–Crippen MR) is 127 cm³/mol. The smallest absolute Gasteiger partial charge is 0.261 e. The van der Waals surface area contributed by atoms with Crippen molar-refractivity contribution in [3.8, 4) is 5.75 Å². The molecule has 0 heterocycles. The summed E-state index contributed by atoms with van der Waals surface area (Å²) in [6.07, 6.45) is 0. The van der Waals surface area contributed by atoms with Crippen LogP contribution in [0.25, 0.3) is 0 Å². The molecule has 0 aliphatic carbocycles. The Hall–Kier alpha value is -3.56. The lowest BCUT2D eigenvalue weighted by atomic mass is 10.1. The molecule has 0 aliphatic rings. The Morgan fingerprint density at radius 3 is 2.21 bits per heavy atom. The van der Waals surface area contributed by atoms with E-state index in [-0.39, 0.29) is 28.7 Å². The number of nitrogens with zero attached hydrogens (tertiary/aromatic N) is 1. The number of amides is 2. The van der Waals surface area contributed by atoms with Gasteiger partial charge in [0.05, 0.1) is 16.1 Å². The summed E-state index contributed by atoms with van der Waals surface area (Å²) in [6, 6.07) is 18.4. The number of carbonyl (C=O) groups excluding carboxylic acids is 2. The predicted octanol–water partition coefficient (Wildman–Crippen LogP) is 3.86. The van der Waals surface area contributed by atoms with Crippen LogP contribution >= 0.6 is 11.6 Å². The van der Waals surface area contributed by atoms with E-state index in [1.54, 1.807) is 50.5 Å². The maximum Gasteiger partial charge on any atom is 0.261 e. The SMILES string of the molecule is CN(C)C(=O)COc1ccc(NC(=O)c2ccccc2NS(=O)(=O)c2ccc(Cl)cc2)cc1. The van der Waals surface area contributed by atoms with Gasteiger partial charge in [-0.05, 0) is 60.7 Å². The molecule has 0 saturated carbocycles. The van der Waals surface area contributed by atoms with Gasteiger partial charge in [0, 0.05) is 24.8 Å². The second-order valence-corrected chi connectivity index (χ2v) is 9.28. The van der Waals surface area contributed by atoms with Gasteiger partial charge in [-0.25, -0.2) is 8.42 Å². The lowest BCUT2D eigenvalue weighted by molar-refractivity contribution is -0.130. The zero-order chi connectivity index (χ0) is 24.0. The number of nitrogens with one attached hydrogen (secondary N) is 2. The molecule has 10 heteroatoms. The molecule has 3 aromatic rings. The molecule has 172 valence electrons. The maximum absolute atomic E-state index is 12.8. The highest BCUT2D eigenvalue weighted by Crippen LogP contribution is 2.23. The second kappa shape index (κ2) is 10.4. The average molecular weight is 488 g/mol. The molecular formula is C23H22ClN3O5S. The quantitative estimate of drug-likeness (QED) is 0.502. The summed E-state index contributed by atoms with van der Waals surface area (Å²) in [5, 5.41) is 3.13. The van der Waals surface area contributed by atoms with Gasteiger partial charge in [0.2, 0.25) is 0 Å². The minimum Gasteiger partial charge on any atom is -0.484 e. The van der Waals surface area contributed by atoms with Crippen LogP contribution < -0.4 is 14.8 Å². The van der Waals surface area contributed by atoms with Gasteiger partial charge in [-0.1, -0.05) is 23.7 Å². The average Bonchev–Trinajstić information content (AvgIpc) is 2.78. The summed E-state index contributed by atoms with van der Waals surface area (Å²) in [6.45, 7) is -0.0974. The van der Waals surface area contributed by atoms with Crippen LogP contribution in [-0.2, 0) is 14.8 Å². The number of rotatable bonds is 8. The fourth-order valence-corrected chi connectivity index (χ4v) is 3.90. The number of likely N-dealkylation sites (N-methyl/N-ethyl adjacent to an activating group) is 1. The van der Waals surface area contributed by atoms with E-state index in [9.17, 15) is 18.0 Å². The van der Waals surface area contributed by atoms with E-state index in [2.05, 4.69) is 10.0 Å². The molecule has 0 spiro atoms. The highest BCUT2D eigenvalue weighted by Gasteiger charge is 2.19. The summed E-state index contributed by atoms with van der Waals surface area (Å²) < 4.78 is 33.3. The van der Waals surface area contributed by atoms with Crippen LogP contribution in [0.3, 0.4) is 0 Å². The van der Waals surface area contributed by atoms with Crippen molar-refractivity contribution in [2.45, 2.75) is 4.90 Å².